The number of thiophene rings is 1. The van der Waals surface area contributed by atoms with Crippen molar-refractivity contribution in [3.63, 3.8) is 0 Å². The number of rotatable bonds is 11. The van der Waals surface area contributed by atoms with E-state index >= 15 is 4.39 Å². The molecule has 8 rings (SSSR count). The van der Waals surface area contributed by atoms with Gasteiger partial charge in [-0.15, -0.1) is 11.3 Å². The number of aliphatic hydroxyl groups excluding tert-OH is 1. The summed E-state index contributed by atoms with van der Waals surface area (Å²) in [6, 6.07) is 7.77. The Morgan fingerprint density at radius 3 is 2.53 bits per heavy atom. The van der Waals surface area contributed by atoms with E-state index < -0.39 is 43.8 Å². The molecule has 1 aromatic carbocycles. The molecule has 11 heteroatoms. The molecular formula is C38H47ClFNO6S2. The van der Waals surface area contributed by atoms with Crippen LogP contribution < -0.4 is 0 Å². The highest BCUT2D eigenvalue weighted by Crippen LogP contribution is 2.78. The van der Waals surface area contributed by atoms with Crippen molar-refractivity contribution >= 4 is 38.7 Å². The summed E-state index contributed by atoms with van der Waals surface area (Å²) in [5.74, 6) is -0.819. The summed E-state index contributed by atoms with van der Waals surface area (Å²) in [6.45, 7) is 4.94. The van der Waals surface area contributed by atoms with E-state index in [4.69, 9.17) is 16.3 Å². The highest BCUT2D eigenvalue weighted by molar-refractivity contribution is 7.91. The SMILES string of the molecule is COCCCN(CC1(O)CCC2C34C=CC5(C=C3C(=O)Cc3c(F)cccc3Cl)CC(O)CCC5(C)C4CCC21C)S(=O)(=O)c1cccs1. The van der Waals surface area contributed by atoms with Crippen molar-refractivity contribution in [2.75, 3.05) is 26.8 Å². The van der Waals surface area contributed by atoms with E-state index in [1.54, 1.807) is 30.7 Å². The minimum atomic E-state index is -3.88. The fourth-order valence-corrected chi connectivity index (χ4v) is 14.0. The molecule has 3 fully saturated rings. The summed E-state index contributed by atoms with van der Waals surface area (Å²) < 4.78 is 50.0. The third-order valence-corrected chi connectivity index (χ3v) is 17.3. The van der Waals surface area contributed by atoms with Crippen LogP contribution in [0.1, 0.15) is 70.8 Å². The number of benzene rings is 1. The van der Waals surface area contributed by atoms with Crippen LogP contribution in [0.3, 0.4) is 0 Å². The monoisotopic (exact) mass is 731 g/mol. The third-order valence-electron chi connectivity index (χ3n) is 13.7. The Hall–Kier alpha value is -1.92. The lowest BCUT2D eigenvalue weighted by atomic mass is 9.32. The first kappa shape index (κ1) is 35.5. The van der Waals surface area contributed by atoms with Gasteiger partial charge in [0, 0.05) is 65.6 Å². The smallest absolute Gasteiger partial charge is 0.252 e. The molecule has 1 heterocycles. The molecule has 2 spiro atoms. The maximum atomic E-state index is 15.1. The van der Waals surface area contributed by atoms with Crippen LogP contribution in [0.15, 0.2) is 63.7 Å². The zero-order chi connectivity index (χ0) is 35.0. The van der Waals surface area contributed by atoms with Crippen molar-refractivity contribution < 1.29 is 32.6 Å². The van der Waals surface area contributed by atoms with Crippen molar-refractivity contribution in [3.8, 4) is 0 Å². The number of sulfonamides is 1. The highest BCUT2D eigenvalue weighted by atomic mass is 35.5. The predicted molar refractivity (Wildman–Crippen MR) is 188 cm³/mol. The second-order valence-corrected chi connectivity index (χ2v) is 19.2. The number of hydrogen-bond donors (Lipinski definition) is 2. The van der Waals surface area contributed by atoms with Gasteiger partial charge in [0.15, 0.2) is 5.78 Å². The van der Waals surface area contributed by atoms with Gasteiger partial charge in [0.25, 0.3) is 10.0 Å². The summed E-state index contributed by atoms with van der Waals surface area (Å²) in [4.78, 5) is 14.7. The Bertz CT molecular complexity index is 1780. The van der Waals surface area contributed by atoms with Crippen LogP contribution in [0.25, 0.3) is 0 Å². The molecule has 2 bridgehead atoms. The lowest BCUT2D eigenvalue weighted by Crippen LogP contribution is -2.67. The molecule has 8 unspecified atom stereocenters. The van der Waals surface area contributed by atoms with E-state index in [0.717, 1.165) is 24.2 Å². The van der Waals surface area contributed by atoms with E-state index in [1.165, 1.54) is 16.4 Å². The number of hydrogen-bond acceptors (Lipinski definition) is 7. The molecule has 2 aromatic rings. The number of ether oxygens (including phenoxy) is 1. The van der Waals surface area contributed by atoms with Gasteiger partial charge in [-0.05, 0) is 92.2 Å². The average molecular weight is 732 g/mol. The van der Waals surface area contributed by atoms with Gasteiger partial charge < -0.3 is 14.9 Å². The molecule has 7 nitrogen and oxygen atoms in total. The van der Waals surface area contributed by atoms with E-state index in [-0.39, 0.29) is 57.3 Å². The van der Waals surface area contributed by atoms with Crippen molar-refractivity contribution in [1.82, 2.24) is 4.31 Å². The zero-order valence-electron chi connectivity index (χ0n) is 28.5. The number of carbonyl (C=O) groups excluding carboxylic acids is 1. The van der Waals surface area contributed by atoms with Crippen LogP contribution in [-0.2, 0) is 26.0 Å². The van der Waals surface area contributed by atoms with Gasteiger partial charge >= 0.3 is 0 Å². The lowest BCUT2D eigenvalue weighted by Gasteiger charge is -2.71. The first-order valence-electron chi connectivity index (χ1n) is 17.5. The van der Waals surface area contributed by atoms with Crippen molar-refractivity contribution in [2.45, 2.75) is 87.5 Å². The molecule has 8 atom stereocenters. The first-order chi connectivity index (χ1) is 23.2. The fourth-order valence-electron chi connectivity index (χ4n) is 11.1. The molecule has 0 aliphatic heterocycles. The number of aliphatic hydroxyl groups is 2. The van der Waals surface area contributed by atoms with Gasteiger partial charge in [-0.25, -0.2) is 12.8 Å². The molecule has 49 heavy (non-hydrogen) atoms. The van der Waals surface area contributed by atoms with Crippen molar-refractivity contribution in [1.29, 1.82) is 0 Å². The number of allylic oxidation sites excluding steroid dienone is 4. The standard InChI is InChI=1S/C38H47ClFNO6S2/c1-34-13-10-25(42)22-36(34)16-17-38(27(23-36)30(43)21-26-28(39)7-4-8-29(26)40)31(34)11-14-35(2)32(38)12-15-37(35,44)24-41(18-6-19-47-3)49(45,46)33-9-5-20-48-33/h4-5,7-9,16-17,20,23,25,31-32,42,44H,6,10-15,18-19,21-22,24H2,1-3H3. The van der Waals surface area contributed by atoms with Crippen LogP contribution in [-0.4, -0.2) is 67.2 Å². The minimum Gasteiger partial charge on any atom is -0.393 e. The second-order valence-electron chi connectivity index (χ2n) is 15.7. The molecule has 6 aliphatic carbocycles. The van der Waals surface area contributed by atoms with Crippen LogP contribution in [0.5, 0.6) is 0 Å². The molecule has 2 N–H and O–H groups in total. The molecule has 1 aromatic heterocycles. The van der Waals surface area contributed by atoms with E-state index in [0.29, 0.717) is 50.7 Å². The number of ketones is 1. The number of nitrogens with zero attached hydrogens (tertiary/aromatic N) is 1. The maximum absolute atomic E-state index is 15.1. The Labute approximate surface area is 298 Å². The van der Waals surface area contributed by atoms with Crippen LogP contribution >= 0.6 is 22.9 Å². The third kappa shape index (κ3) is 5.13. The molecule has 6 aliphatic rings. The van der Waals surface area contributed by atoms with E-state index in [9.17, 15) is 23.4 Å². The van der Waals surface area contributed by atoms with Gasteiger partial charge in [0.05, 0.1) is 11.7 Å². The van der Waals surface area contributed by atoms with E-state index in [2.05, 4.69) is 32.1 Å². The van der Waals surface area contributed by atoms with Crippen LogP contribution in [0.4, 0.5) is 4.39 Å². The first-order valence-corrected chi connectivity index (χ1v) is 20.2. The Morgan fingerprint density at radius 1 is 1.08 bits per heavy atom. The molecule has 3 saturated carbocycles. The number of Topliss-reactive ketones (excluding diaryl/α,β-unsaturated/α-hetero) is 1. The molecule has 0 saturated heterocycles. The summed E-state index contributed by atoms with van der Waals surface area (Å²) in [5, 5.41) is 25.7. The normalized spacial score (nSPS) is 37.9. The number of fused-ring (bicyclic) bond motifs is 1. The lowest BCUT2D eigenvalue weighted by molar-refractivity contribution is -0.176. The summed E-state index contributed by atoms with van der Waals surface area (Å²) in [5.41, 5.74) is -2.76. The van der Waals surface area contributed by atoms with Crippen molar-refractivity contribution in [3.05, 3.63) is 75.9 Å². The van der Waals surface area contributed by atoms with Gasteiger partial charge in [0.2, 0.25) is 0 Å². The average Bonchev–Trinajstić information content (AvgIpc) is 3.70. The van der Waals surface area contributed by atoms with Gasteiger partial charge in [0.1, 0.15) is 10.0 Å². The minimum absolute atomic E-state index is 0.0559. The molecular weight excluding hydrogens is 685 g/mol. The summed E-state index contributed by atoms with van der Waals surface area (Å²) >= 11 is 7.61. The molecule has 0 amide bonds. The topological polar surface area (TPSA) is 104 Å². The summed E-state index contributed by atoms with van der Waals surface area (Å²) in [6.07, 6.45) is 10.8. The molecule has 0 radical (unpaired) electrons. The largest absolute Gasteiger partial charge is 0.393 e. The molecule has 266 valence electrons. The fraction of sp³-hybridized carbons (Fsp3) is 0.605. The second kappa shape index (κ2) is 12.3. The zero-order valence-corrected chi connectivity index (χ0v) is 30.8. The van der Waals surface area contributed by atoms with Crippen LogP contribution in [0, 0.1) is 39.3 Å². The van der Waals surface area contributed by atoms with Crippen LogP contribution in [0.2, 0.25) is 5.02 Å². The summed E-state index contributed by atoms with van der Waals surface area (Å²) in [7, 11) is -2.29. The predicted octanol–water partition coefficient (Wildman–Crippen LogP) is 6.97. The van der Waals surface area contributed by atoms with Crippen molar-refractivity contribution in [2.24, 2.45) is 33.5 Å². The van der Waals surface area contributed by atoms with Gasteiger partial charge in [-0.3, -0.25) is 4.79 Å². The number of methoxy groups -OCH3 is 1. The Morgan fingerprint density at radius 2 is 1.82 bits per heavy atom. The quantitative estimate of drug-likeness (QED) is 0.191. The Kier molecular flexibility index (Phi) is 8.94. The maximum Gasteiger partial charge on any atom is 0.252 e. The van der Waals surface area contributed by atoms with E-state index in [1.807, 2.05) is 0 Å². The number of halogens is 2. The number of carbonyl (C=O) groups is 1. The highest BCUT2D eigenvalue weighted by Gasteiger charge is 2.74. The Balaban J connectivity index is 1.31. The van der Waals surface area contributed by atoms with Gasteiger partial charge in [-0.2, -0.15) is 4.31 Å². The van der Waals surface area contributed by atoms with Gasteiger partial charge in [-0.1, -0.05) is 55.8 Å².